The maximum atomic E-state index is 13.2. The van der Waals surface area contributed by atoms with Crippen LogP contribution in [0, 0.1) is 5.92 Å². The molecule has 0 radical (unpaired) electrons. The van der Waals surface area contributed by atoms with Gasteiger partial charge < -0.3 is 14.7 Å². The second kappa shape index (κ2) is 7.93. The molecule has 26 heavy (non-hydrogen) atoms. The molecule has 0 aliphatic carbocycles. The molecule has 2 aromatic rings. The van der Waals surface area contributed by atoms with E-state index >= 15 is 0 Å². The Kier molecular flexibility index (Phi) is 5.64. The molecular weight excluding hydrogens is 350 g/mol. The molecule has 2 atom stereocenters. The van der Waals surface area contributed by atoms with E-state index in [0.717, 1.165) is 21.9 Å². The second-order valence-electron chi connectivity index (χ2n) is 6.08. The average molecular weight is 371 g/mol. The zero-order valence-electron chi connectivity index (χ0n) is 14.7. The summed E-state index contributed by atoms with van der Waals surface area (Å²) in [5.41, 5.74) is 1.63. The number of fused-ring (bicyclic) bond motifs is 1. The van der Waals surface area contributed by atoms with Gasteiger partial charge in [0.05, 0.1) is 24.7 Å². The Morgan fingerprint density at radius 3 is 2.50 bits per heavy atom. The van der Waals surface area contributed by atoms with Crippen molar-refractivity contribution < 1.29 is 19.4 Å². The van der Waals surface area contributed by atoms with Crippen molar-refractivity contribution in [3.8, 4) is 5.75 Å². The number of carbonyl (C=O) groups excluding carboxylic acids is 2. The highest BCUT2D eigenvalue weighted by molar-refractivity contribution is 7.99. The van der Waals surface area contributed by atoms with Crippen molar-refractivity contribution in [2.45, 2.75) is 17.1 Å². The first-order valence-electron chi connectivity index (χ1n) is 8.39. The molecule has 0 aromatic heterocycles. The summed E-state index contributed by atoms with van der Waals surface area (Å²) >= 11 is 1.51. The van der Waals surface area contributed by atoms with Gasteiger partial charge in [-0.25, -0.2) is 0 Å². The highest BCUT2D eigenvalue weighted by Gasteiger charge is 2.40. The van der Waals surface area contributed by atoms with Crippen LogP contribution in [0.1, 0.15) is 17.7 Å². The third-order valence-electron chi connectivity index (χ3n) is 4.45. The number of ketones is 1. The number of β-amino-alcohol motifs (C(OH)–C–C–N with tert-alkyl or cyclic N) is 1. The minimum absolute atomic E-state index is 0.162. The van der Waals surface area contributed by atoms with Crippen LogP contribution in [0.15, 0.2) is 53.4 Å². The molecule has 1 aliphatic heterocycles. The molecule has 1 N–H and O–H groups in total. The van der Waals surface area contributed by atoms with E-state index in [1.54, 1.807) is 7.11 Å². The number of para-hydroxylation sites is 1. The fraction of sp³-hybridized carbons (Fsp3) is 0.300. The van der Waals surface area contributed by atoms with Crippen molar-refractivity contribution in [3.05, 3.63) is 54.1 Å². The molecule has 5 nitrogen and oxygen atoms in total. The SMILES string of the molecule is COc1ccc([C@H]2Sc3ccccc3N(CCO)C(=O)[C@@H]2C(C)=O)cc1. The Morgan fingerprint density at radius 1 is 1.19 bits per heavy atom. The number of aliphatic hydroxyl groups excluding tert-OH is 1. The van der Waals surface area contributed by atoms with E-state index in [1.807, 2.05) is 48.5 Å². The number of anilines is 1. The van der Waals surface area contributed by atoms with Crippen molar-refractivity contribution in [1.29, 1.82) is 0 Å². The Bertz CT molecular complexity index is 806. The summed E-state index contributed by atoms with van der Waals surface area (Å²) in [6.07, 6.45) is 0. The highest BCUT2D eigenvalue weighted by atomic mass is 32.2. The predicted molar refractivity (Wildman–Crippen MR) is 102 cm³/mol. The quantitative estimate of drug-likeness (QED) is 0.818. The third kappa shape index (κ3) is 3.48. The number of carbonyl (C=O) groups is 2. The standard InChI is InChI=1S/C20H21NO4S/c1-13(23)18-19(14-7-9-15(25-2)10-8-14)26-17-6-4-3-5-16(17)21(11-12-22)20(18)24/h3-10,18-19,22H,11-12H2,1-2H3/t18-,19-/m1/s1. The summed E-state index contributed by atoms with van der Waals surface area (Å²) in [5, 5.41) is 9.08. The van der Waals surface area contributed by atoms with Crippen LogP contribution in [-0.2, 0) is 9.59 Å². The number of hydrogen-bond acceptors (Lipinski definition) is 5. The third-order valence-corrected chi connectivity index (χ3v) is 5.85. The van der Waals surface area contributed by atoms with Crippen molar-refractivity contribution in [3.63, 3.8) is 0 Å². The van der Waals surface area contributed by atoms with Gasteiger partial charge in [0.15, 0.2) is 0 Å². The summed E-state index contributed by atoms with van der Waals surface area (Å²) in [6.45, 7) is 1.45. The van der Waals surface area contributed by atoms with Crippen LogP contribution >= 0.6 is 11.8 Å². The first-order valence-corrected chi connectivity index (χ1v) is 9.27. The zero-order chi connectivity index (χ0) is 18.7. The van der Waals surface area contributed by atoms with E-state index in [1.165, 1.54) is 23.6 Å². The first-order chi connectivity index (χ1) is 12.6. The zero-order valence-corrected chi connectivity index (χ0v) is 15.5. The van der Waals surface area contributed by atoms with Crippen molar-refractivity contribution in [2.24, 2.45) is 5.92 Å². The molecule has 1 amide bonds. The smallest absolute Gasteiger partial charge is 0.239 e. The number of amides is 1. The number of methoxy groups -OCH3 is 1. The van der Waals surface area contributed by atoms with Gasteiger partial charge in [-0.3, -0.25) is 9.59 Å². The molecule has 2 aromatic carbocycles. The van der Waals surface area contributed by atoms with Crippen LogP contribution in [0.4, 0.5) is 5.69 Å². The summed E-state index contributed by atoms with van der Waals surface area (Å²) in [6, 6.07) is 15.0. The minimum Gasteiger partial charge on any atom is -0.497 e. The fourth-order valence-electron chi connectivity index (χ4n) is 3.17. The Hall–Kier alpha value is -2.31. The van der Waals surface area contributed by atoms with E-state index in [2.05, 4.69) is 0 Å². The van der Waals surface area contributed by atoms with Crippen LogP contribution in [0.5, 0.6) is 5.75 Å². The molecule has 6 heteroatoms. The number of nitrogens with zero attached hydrogens (tertiary/aromatic N) is 1. The maximum Gasteiger partial charge on any atom is 0.239 e. The van der Waals surface area contributed by atoms with Gasteiger partial charge >= 0.3 is 0 Å². The number of ether oxygens (including phenoxy) is 1. The second-order valence-corrected chi connectivity index (χ2v) is 7.26. The van der Waals surface area contributed by atoms with E-state index < -0.39 is 5.92 Å². The molecule has 1 aliphatic rings. The lowest BCUT2D eigenvalue weighted by Gasteiger charge is -2.26. The lowest BCUT2D eigenvalue weighted by Crippen LogP contribution is -2.41. The molecule has 3 rings (SSSR count). The van der Waals surface area contributed by atoms with Gasteiger partial charge in [-0.15, -0.1) is 11.8 Å². The van der Waals surface area contributed by atoms with E-state index in [0.29, 0.717) is 0 Å². The summed E-state index contributed by atoms with van der Waals surface area (Å²) in [7, 11) is 1.60. The van der Waals surface area contributed by atoms with Crippen LogP contribution in [-0.4, -0.2) is 37.1 Å². The van der Waals surface area contributed by atoms with Gasteiger partial charge in [-0.05, 0) is 36.8 Å². The van der Waals surface area contributed by atoms with Gasteiger partial charge in [-0.2, -0.15) is 0 Å². The van der Waals surface area contributed by atoms with Crippen molar-refractivity contribution in [1.82, 2.24) is 0 Å². The van der Waals surface area contributed by atoms with Crippen LogP contribution in [0.25, 0.3) is 0 Å². The van der Waals surface area contributed by atoms with Crippen LogP contribution in [0.2, 0.25) is 0 Å². The summed E-state index contributed by atoms with van der Waals surface area (Å²) in [4.78, 5) is 28.1. The van der Waals surface area contributed by atoms with E-state index in [9.17, 15) is 14.7 Å². The molecule has 0 bridgehead atoms. The molecule has 0 fully saturated rings. The number of rotatable bonds is 5. The Morgan fingerprint density at radius 2 is 1.88 bits per heavy atom. The summed E-state index contributed by atoms with van der Waals surface area (Å²) < 4.78 is 5.21. The Balaban J connectivity index is 2.11. The fourth-order valence-corrected chi connectivity index (χ4v) is 4.64. The highest BCUT2D eigenvalue weighted by Crippen LogP contribution is 2.48. The van der Waals surface area contributed by atoms with Crippen molar-refractivity contribution in [2.75, 3.05) is 25.2 Å². The minimum atomic E-state index is -0.813. The molecule has 1 heterocycles. The predicted octanol–water partition coefficient (Wildman–Crippen LogP) is 3.07. The molecular formula is C20H21NO4S. The number of benzene rings is 2. The normalized spacial score (nSPS) is 19.7. The van der Waals surface area contributed by atoms with Gasteiger partial charge in [-0.1, -0.05) is 24.3 Å². The van der Waals surface area contributed by atoms with Gasteiger partial charge in [0, 0.05) is 11.4 Å². The lowest BCUT2D eigenvalue weighted by molar-refractivity contribution is -0.131. The van der Waals surface area contributed by atoms with Gasteiger partial charge in [0.2, 0.25) is 5.91 Å². The molecule has 136 valence electrons. The lowest BCUT2D eigenvalue weighted by atomic mass is 9.93. The van der Waals surface area contributed by atoms with E-state index in [-0.39, 0.29) is 30.1 Å². The van der Waals surface area contributed by atoms with Crippen LogP contribution < -0.4 is 9.64 Å². The average Bonchev–Trinajstić information content (AvgIpc) is 2.77. The van der Waals surface area contributed by atoms with E-state index in [4.69, 9.17) is 4.74 Å². The maximum absolute atomic E-state index is 13.2. The number of Topliss-reactive ketones (excluding diaryl/α,β-unsaturated/α-hetero) is 1. The Labute approximate surface area is 157 Å². The van der Waals surface area contributed by atoms with Crippen LogP contribution in [0.3, 0.4) is 0 Å². The van der Waals surface area contributed by atoms with Crippen molar-refractivity contribution >= 4 is 29.1 Å². The number of thioether (sulfide) groups is 1. The molecule has 0 unspecified atom stereocenters. The number of hydrogen-bond donors (Lipinski definition) is 1. The van der Waals surface area contributed by atoms with Gasteiger partial charge in [0.1, 0.15) is 17.5 Å². The largest absolute Gasteiger partial charge is 0.497 e. The first kappa shape index (κ1) is 18.5. The number of aliphatic hydroxyl groups is 1. The topological polar surface area (TPSA) is 66.8 Å². The monoisotopic (exact) mass is 371 g/mol. The summed E-state index contributed by atoms with van der Waals surface area (Å²) in [5.74, 6) is -0.545. The van der Waals surface area contributed by atoms with Gasteiger partial charge in [0.25, 0.3) is 0 Å². The molecule has 0 saturated carbocycles. The molecule has 0 spiro atoms. The molecule has 0 saturated heterocycles.